The Labute approximate surface area is 240 Å². The van der Waals surface area contributed by atoms with Crippen LogP contribution in [0.5, 0.6) is 0 Å². The molecule has 0 aromatic heterocycles. The van der Waals surface area contributed by atoms with Gasteiger partial charge in [-0.2, -0.15) is 0 Å². The number of fused-ring (bicyclic) bond motifs is 2. The van der Waals surface area contributed by atoms with Gasteiger partial charge in [-0.3, -0.25) is 19.3 Å². The molecule has 1 N–H and O–H groups in total. The number of rotatable bonds is 8. The van der Waals surface area contributed by atoms with Gasteiger partial charge >= 0.3 is 5.97 Å². The van der Waals surface area contributed by atoms with Crippen molar-refractivity contribution in [1.82, 2.24) is 14.7 Å². The van der Waals surface area contributed by atoms with Gasteiger partial charge in [-0.05, 0) is 24.5 Å². The molecular formula is C31H39N3O7. The van der Waals surface area contributed by atoms with Crippen molar-refractivity contribution >= 4 is 17.8 Å². The minimum Gasteiger partial charge on any atom is -0.461 e. The highest BCUT2D eigenvalue weighted by atomic mass is 16.6. The van der Waals surface area contributed by atoms with E-state index < -0.39 is 41.1 Å². The number of likely N-dealkylation sites (tertiary alicyclic amines) is 1. The molecule has 1 spiro atoms. The normalized spacial score (nSPS) is 34.1. The van der Waals surface area contributed by atoms with Crippen LogP contribution in [0.1, 0.15) is 18.9 Å². The average Bonchev–Trinajstić information content (AvgIpc) is 3.28. The van der Waals surface area contributed by atoms with Crippen molar-refractivity contribution < 1.29 is 33.7 Å². The zero-order chi connectivity index (χ0) is 28.6. The Morgan fingerprint density at radius 1 is 1.00 bits per heavy atom. The van der Waals surface area contributed by atoms with Gasteiger partial charge in [0.25, 0.3) is 0 Å². The Kier molecular flexibility index (Phi) is 7.76. The van der Waals surface area contributed by atoms with Crippen molar-refractivity contribution in [2.45, 2.75) is 43.1 Å². The highest BCUT2D eigenvalue weighted by Gasteiger charge is 2.76. The molecule has 0 radical (unpaired) electrons. The number of hydrogen-bond donors (Lipinski definition) is 1. The van der Waals surface area contributed by atoms with Crippen molar-refractivity contribution in [3.63, 3.8) is 0 Å². The predicted octanol–water partition coefficient (Wildman–Crippen LogP) is 0.795. The SMILES string of the molecule is CC[C@]12C=CCOC(=O)[C@H]1[C@H]1C(=O)N([C@@H](CO)Cc3ccccc3)C3C(=O)N(CCN4CCOCC4)CC=C[C@@]31O2. The third kappa shape index (κ3) is 4.70. The molecule has 220 valence electrons. The van der Waals surface area contributed by atoms with Crippen LogP contribution in [-0.4, -0.2) is 120 Å². The largest absolute Gasteiger partial charge is 0.461 e. The maximum atomic E-state index is 14.6. The first-order valence-electron chi connectivity index (χ1n) is 14.7. The number of morpholine rings is 1. The number of aliphatic hydroxyl groups excluding tert-OH is 1. The van der Waals surface area contributed by atoms with Gasteiger partial charge in [-0.1, -0.05) is 55.5 Å². The summed E-state index contributed by atoms with van der Waals surface area (Å²) in [6.07, 6.45) is 8.15. The molecule has 6 rings (SSSR count). The molecule has 6 atom stereocenters. The lowest BCUT2D eigenvalue weighted by atomic mass is 9.73. The van der Waals surface area contributed by atoms with Crippen LogP contribution in [0, 0.1) is 11.8 Å². The first-order chi connectivity index (χ1) is 19.9. The van der Waals surface area contributed by atoms with E-state index >= 15 is 0 Å². The molecular weight excluding hydrogens is 526 g/mol. The number of amides is 2. The molecule has 0 bridgehead atoms. The molecule has 1 aromatic carbocycles. The maximum Gasteiger partial charge on any atom is 0.313 e. The molecule has 1 aromatic rings. The minimum absolute atomic E-state index is 0.110. The number of aliphatic hydroxyl groups is 1. The van der Waals surface area contributed by atoms with E-state index in [4.69, 9.17) is 14.2 Å². The zero-order valence-corrected chi connectivity index (χ0v) is 23.5. The second-order valence-electron chi connectivity index (χ2n) is 11.6. The molecule has 5 aliphatic heterocycles. The van der Waals surface area contributed by atoms with Gasteiger partial charge < -0.3 is 29.1 Å². The number of esters is 1. The minimum atomic E-state index is -1.37. The van der Waals surface area contributed by atoms with Gasteiger partial charge in [-0.25, -0.2) is 0 Å². The number of ether oxygens (including phenoxy) is 3. The molecule has 2 amide bonds. The van der Waals surface area contributed by atoms with E-state index in [2.05, 4.69) is 4.90 Å². The van der Waals surface area contributed by atoms with Crippen LogP contribution in [0.3, 0.4) is 0 Å². The highest BCUT2D eigenvalue weighted by molar-refractivity contribution is 5.99. The molecule has 1 unspecified atom stereocenters. The standard InChI is InChI=1S/C31H39N3O7/c1-2-30-10-7-17-40-29(38)25(30)24-27(36)34(23(21-35)20-22-8-4-3-5-9-22)26-28(37)33(12-6-11-31(24,26)41-30)14-13-32-15-18-39-19-16-32/h3-11,23-26,35H,2,12-21H2,1H3/t23-,24+,25-,26?,30+,31+/m1/s1. The van der Waals surface area contributed by atoms with Crippen molar-refractivity contribution in [3.8, 4) is 0 Å². The molecule has 5 heterocycles. The summed E-state index contributed by atoms with van der Waals surface area (Å²) >= 11 is 0. The lowest BCUT2D eigenvalue weighted by molar-refractivity contribution is -0.161. The Bertz CT molecular complexity index is 1220. The van der Waals surface area contributed by atoms with Gasteiger partial charge in [0.1, 0.15) is 29.8 Å². The molecule has 0 aliphatic carbocycles. The molecule has 10 heteroatoms. The van der Waals surface area contributed by atoms with Crippen LogP contribution in [0.2, 0.25) is 0 Å². The quantitative estimate of drug-likeness (QED) is 0.364. The Hall–Kier alpha value is -3.05. The summed E-state index contributed by atoms with van der Waals surface area (Å²) in [4.78, 5) is 48.2. The van der Waals surface area contributed by atoms with E-state index in [1.807, 2.05) is 55.5 Å². The van der Waals surface area contributed by atoms with Crippen molar-refractivity contribution in [2.75, 3.05) is 59.2 Å². The summed E-state index contributed by atoms with van der Waals surface area (Å²) in [5.41, 5.74) is -1.50. The molecule has 0 saturated carbocycles. The molecule has 41 heavy (non-hydrogen) atoms. The predicted molar refractivity (Wildman–Crippen MR) is 149 cm³/mol. The number of hydrogen-bond acceptors (Lipinski definition) is 8. The molecule has 3 saturated heterocycles. The van der Waals surface area contributed by atoms with Crippen LogP contribution >= 0.6 is 0 Å². The van der Waals surface area contributed by atoms with E-state index in [0.29, 0.717) is 45.7 Å². The van der Waals surface area contributed by atoms with Gasteiger partial charge in [0.2, 0.25) is 11.8 Å². The Morgan fingerprint density at radius 3 is 2.51 bits per heavy atom. The van der Waals surface area contributed by atoms with Crippen LogP contribution in [0.4, 0.5) is 0 Å². The van der Waals surface area contributed by atoms with Gasteiger partial charge in [-0.15, -0.1) is 0 Å². The smallest absolute Gasteiger partial charge is 0.313 e. The number of carbonyl (C=O) groups excluding carboxylic acids is 3. The van der Waals surface area contributed by atoms with Crippen molar-refractivity contribution in [2.24, 2.45) is 11.8 Å². The highest BCUT2D eigenvalue weighted by Crippen LogP contribution is 2.58. The van der Waals surface area contributed by atoms with Gasteiger partial charge in [0, 0.05) is 32.7 Å². The lowest BCUT2D eigenvalue weighted by Crippen LogP contribution is -2.59. The molecule has 3 fully saturated rings. The molecule has 5 aliphatic rings. The van der Waals surface area contributed by atoms with Crippen molar-refractivity contribution in [3.05, 3.63) is 60.2 Å². The van der Waals surface area contributed by atoms with Crippen LogP contribution in [-0.2, 0) is 35.0 Å². The monoisotopic (exact) mass is 565 g/mol. The van der Waals surface area contributed by atoms with E-state index in [1.54, 1.807) is 11.0 Å². The summed E-state index contributed by atoms with van der Waals surface area (Å²) in [6, 6.07) is 7.90. The summed E-state index contributed by atoms with van der Waals surface area (Å²) in [6.45, 7) is 6.18. The van der Waals surface area contributed by atoms with Gasteiger partial charge in [0.15, 0.2) is 0 Å². The van der Waals surface area contributed by atoms with E-state index in [-0.39, 0.29) is 25.0 Å². The number of carbonyl (C=O) groups is 3. The van der Waals surface area contributed by atoms with Crippen LogP contribution in [0.25, 0.3) is 0 Å². The summed E-state index contributed by atoms with van der Waals surface area (Å²) in [7, 11) is 0. The zero-order valence-electron chi connectivity index (χ0n) is 23.5. The third-order valence-electron chi connectivity index (χ3n) is 9.42. The fourth-order valence-corrected chi connectivity index (χ4v) is 7.40. The number of nitrogens with zero attached hydrogens (tertiary/aromatic N) is 3. The first-order valence-corrected chi connectivity index (χ1v) is 14.7. The summed E-state index contributed by atoms with van der Waals surface area (Å²) in [5.74, 6) is -2.94. The fourth-order valence-electron chi connectivity index (χ4n) is 7.40. The van der Waals surface area contributed by atoms with Gasteiger partial charge in [0.05, 0.1) is 31.8 Å². The van der Waals surface area contributed by atoms with Crippen LogP contribution < -0.4 is 0 Å². The summed E-state index contributed by atoms with van der Waals surface area (Å²) < 4.78 is 17.9. The topological polar surface area (TPSA) is 109 Å². The lowest BCUT2D eigenvalue weighted by Gasteiger charge is -2.41. The number of benzene rings is 1. The Balaban J connectivity index is 1.40. The van der Waals surface area contributed by atoms with Crippen molar-refractivity contribution in [1.29, 1.82) is 0 Å². The fraction of sp³-hybridized carbons (Fsp3) is 0.581. The molecule has 10 nitrogen and oxygen atoms in total. The third-order valence-corrected chi connectivity index (χ3v) is 9.42. The van der Waals surface area contributed by atoms with Crippen LogP contribution in [0.15, 0.2) is 54.6 Å². The summed E-state index contributed by atoms with van der Waals surface area (Å²) in [5, 5.41) is 10.6. The second-order valence-corrected chi connectivity index (χ2v) is 11.6. The second kappa shape index (κ2) is 11.3. The van der Waals surface area contributed by atoms with E-state index in [9.17, 15) is 19.5 Å². The maximum absolute atomic E-state index is 14.6. The average molecular weight is 566 g/mol. The number of cyclic esters (lactones) is 1. The van der Waals surface area contributed by atoms with E-state index in [1.165, 1.54) is 4.90 Å². The first kappa shape index (κ1) is 28.1. The Morgan fingerprint density at radius 2 is 1.78 bits per heavy atom. The van der Waals surface area contributed by atoms with E-state index in [0.717, 1.165) is 18.7 Å².